The maximum Gasteiger partial charge on any atom is 0.181 e. The summed E-state index contributed by atoms with van der Waals surface area (Å²) in [6.07, 6.45) is 11.3. The molecule has 0 bridgehead atoms. The van der Waals surface area contributed by atoms with Crippen molar-refractivity contribution in [2.75, 3.05) is 18.0 Å². The maximum atomic E-state index is 8.90. The summed E-state index contributed by atoms with van der Waals surface area (Å²) in [5.74, 6) is 1.67. The molecule has 7 nitrogen and oxygen atoms in total. The molecule has 2 aromatic heterocycles. The van der Waals surface area contributed by atoms with Crippen molar-refractivity contribution >= 4 is 5.82 Å². The van der Waals surface area contributed by atoms with E-state index in [1.807, 2.05) is 6.07 Å². The molecule has 0 unspecified atom stereocenters. The fourth-order valence-corrected chi connectivity index (χ4v) is 4.27. The predicted octanol–water partition coefficient (Wildman–Crippen LogP) is 3.64. The zero-order valence-corrected chi connectivity index (χ0v) is 16.8. The van der Waals surface area contributed by atoms with Crippen LogP contribution < -0.4 is 4.90 Å². The van der Waals surface area contributed by atoms with Gasteiger partial charge < -0.3 is 9.32 Å². The summed E-state index contributed by atoms with van der Waals surface area (Å²) >= 11 is 0. The predicted molar refractivity (Wildman–Crippen MR) is 112 cm³/mol. The van der Waals surface area contributed by atoms with E-state index < -0.39 is 0 Å². The molecular weight excluding hydrogens is 376 g/mol. The summed E-state index contributed by atoms with van der Waals surface area (Å²) in [6.45, 7) is 2.93. The molecule has 0 atom stereocenters. The van der Waals surface area contributed by atoms with Crippen molar-refractivity contribution in [2.45, 2.75) is 44.3 Å². The quantitative estimate of drug-likeness (QED) is 0.625. The van der Waals surface area contributed by atoms with E-state index in [-0.39, 0.29) is 0 Å². The van der Waals surface area contributed by atoms with E-state index in [0.29, 0.717) is 17.8 Å². The molecule has 1 saturated heterocycles. The topological polar surface area (TPSA) is 82.1 Å². The van der Waals surface area contributed by atoms with E-state index in [1.165, 1.54) is 24.8 Å². The molecule has 152 valence electrons. The number of hydrogen-bond donors (Lipinski definition) is 0. The summed E-state index contributed by atoms with van der Waals surface area (Å²) < 4.78 is 5.39. The normalized spacial score (nSPS) is 17.3. The zero-order valence-electron chi connectivity index (χ0n) is 16.8. The Morgan fingerprint density at radius 2 is 1.77 bits per heavy atom. The van der Waals surface area contributed by atoms with Gasteiger partial charge in [0.1, 0.15) is 11.9 Å². The Balaban J connectivity index is 1.22. The average molecular weight is 400 g/mol. The van der Waals surface area contributed by atoms with Crippen LogP contribution in [0.3, 0.4) is 0 Å². The number of anilines is 1. The molecule has 3 aromatic rings. The SMILES string of the molecule is N#Cc1cnc(N2CCC(N(Cc3ccc(-c4cnco4)cc3)C3CC3)CC2)cn1. The lowest BCUT2D eigenvalue weighted by molar-refractivity contribution is 0.151. The van der Waals surface area contributed by atoms with Crippen molar-refractivity contribution in [1.29, 1.82) is 5.26 Å². The standard InChI is InChI=1S/C23H24N6O/c24-11-19-12-27-23(14-26-19)28-9-7-21(8-10-28)29(20-5-6-20)15-17-1-3-18(4-2-17)22-13-25-16-30-22/h1-4,12-14,16,20-21H,5-10,15H2. The Hall–Kier alpha value is -3.24. The van der Waals surface area contributed by atoms with E-state index in [0.717, 1.165) is 49.6 Å². The summed E-state index contributed by atoms with van der Waals surface area (Å²) in [5.41, 5.74) is 2.76. The van der Waals surface area contributed by atoms with Crippen LogP contribution in [0.25, 0.3) is 11.3 Å². The molecule has 7 heteroatoms. The minimum Gasteiger partial charge on any atom is -0.444 e. The third-order valence-electron chi connectivity index (χ3n) is 6.06. The first-order valence-electron chi connectivity index (χ1n) is 10.5. The minimum atomic E-state index is 0.364. The van der Waals surface area contributed by atoms with Crippen LogP contribution >= 0.6 is 0 Å². The molecular formula is C23H24N6O. The first kappa shape index (κ1) is 18.8. The van der Waals surface area contributed by atoms with Gasteiger partial charge in [-0.1, -0.05) is 24.3 Å². The third-order valence-corrected chi connectivity index (χ3v) is 6.06. The number of rotatable bonds is 6. The molecule has 0 amide bonds. The molecule has 2 fully saturated rings. The molecule has 1 saturated carbocycles. The second-order valence-corrected chi connectivity index (χ2v) is 8.06. The van der Waals surface area contributed by atoms with Gasteiger partial charge in [0, 0.05) is 37.3 Å². The van der Waals surface area contributed by atoms with Crippen molar-refractivity contribution in [1.82, 2.24) is 19.9 Å². The van der Waals surface area contributed by atoms with Crippen LogP contribution in [0.15, 0.2) is 53.7 Å². The van der Waals surface area contributed by atoms with Gasteiger partial charge in [-0.15, -0.1) is 0 Å². The maximum absolute atomic E-state index is 8.90. The van der Waals surface area contributed by atoms with Crippen LogP contribution in [0.4, 0.5) is 5.82 Å². The summed E-state index contributed by atoms with van der Waals surface area (Å²) in [7, 11) is 0. The summed E-state index contributed by atoms with van der Waals surface area (Å²) in [4.78, 5) is 17.5. The van der Waals surface area contributed by atoms with E-state index in [1.54, 1.807) is 18.6 Å². The molecule has 5 rings (SSSR count). The lowest BCUT2D eigenvalue weighted by Gasteiger charge is -2.39. The van der Waals surface area contributed by atoms with Gasteiger partial charge in [0.25, 0.3) is 0 Å². The van der Waals surface area contributed by atoms with E-state index >= 15 is 0 Å². The molecule has 3 heterocycles. The fourth-order valence-electron chi connectivity index (χ4n) is 4.27. The fraction of sp³-hybridized carbons (Fsp3) is 0.391. The smallest absolute Gasteiger partial charge is 0.181 e. The second kappa shape index (κ2) is 8.25. The van der Waals surface area contributed by atoms with Crippen LogP contribution in [-0.2, 0) is 6.54 Å². The number of nitriles is 1. The van der Waals surface area contributed by atoms with Crippen molar-refractivity contribution in [2.24, 2.45) is 0 Å². The molecule has 0 N–H and O–H groups in total. The van der Waals surface area contributed by atoms with Crippen LogP contribution in [0, 0.1) is 11.3 Å². The van der Waals surface area contributed by atoms with Gasteiger partial charge in [-0.3, -0.25) is 4.90 Å². The Morgan fingerprint density at radius 1 is 1.00 bits per heavy atom. The minimum absolute atomic E-state index is 0.364. The van der Waals surface area contributed by atoms with Crippen molar-refractivity contribution in [3.8, 4) is 17.4 Å². The summed E-state index contributed by atoms with van der Waals surface area (Å²) in [6, 6.07) is 12.0. The molecule has 2 aliphatic rings. The average Bonchev–Trinajstić information content (AvgIpc) is 3.51. The second-order valence-electron chi connectivity index (χ2n) is 8.06. The van der Waals surface area contributed by atoms with E-state index in [2.05, 4.69) is 49.0 Å². The molecule has 30 heavy (non-hydrogen) atoms. The van der Waals surface area contributed by atoms with Gasteiger partial charge in [0.05, 0.1) is 18.6 Å². The van der Waals surface area contributed by atoms with Crippen molar-refractivity contribution in [3.63, 3.8) is 0 Å². The van der Waals surface area contributed by atoms with E-state index in [9.17, 15) is 0 Å². The Labute approximate surface area is 176 Å². The van der Waals surface area contributed by atoms with E-state index in [4.69, 9.17) is 9.68 Å². The Morgan fingerprint density at radius 3 is 2.37 bits per heavy atom. The van der Waals surface area contributed by atoms with Crippen LogP contribution in [-0.4, -0.2) is 45.0 Å². The lowest BCUT2D eigenvalue weighted by atomic mass is 10.0. The largest absolute Gasteiger partial charge is 0.444 e. The Kier molecular flexibility index (Phi) is 5.16. The van der Waals surface area contributed by atoms with Gasteiger partial charge >= 0.3 is 0 Å². The van der Waals surface area contributed by atoms with Crippen LogP contribution in [0.5, 0.6) is 0 Å². The van der Waals surface area contributed by atoms with Gasteiger partial charge in [0.15, 0.2) is 17.8 Å². The number of piperidine rings is 1. The van der Waals surface area contributed by atoms with Gasteiger partial charge in [-0.05, 0) is 31.2 Å². The number of oxazole rings is 1. The van der Waals surface area contributed by atoms with Crippen molar-refractivity contribution < 1.29 is 4.42 Å². The highest BCUT2D eigenvalue weighted by Crippen LogP contribution is 2.34. The van der Waals surface area contributed by atoms with Crippen LogP contribution in [0.1, 0.15) is 36.9 Å². The molecule has 0 spiro atoms. The number of benzene rings is 1. The molecule has 1 aliphatic heterocycles. The van der Waals surface area contributed by atoms with Gasteiger partial charge in [-0.2, -0.15) is 5.26 Å². The highest BCUT2D eigenvalue weighted by molar-refractivity contribution is 5.56. The number of nitrogens with zero attached hydrogens (tertiary/aromatic N) is 6. The highest BCUT2D eigenvalue weighted by Gasteiger charge is 2.35. The molecule has 1 aliphatic carbocycles. The number of hydrogen-bond acceptors (Lipinski definition) is 7. The van der Waals surface area contributed by atoms with Gasteiger partial charge in [0.2, 0.25) is 0 Å². The molecule has 1 aromatic carbocycles. The first-order chi connectivity index (χ1) is 14.8. The molecule has 0 radical (unpaired) electrons. The van der Waals surface area contributed by atoms with Crippen molar-refractivity contribution in [3.05, 3.63) is 60.5 Å². The summed E-state index contributed by atoms with van der Waals surface area (Å²) in [5, 5.41) is 8.90. The van der Waals surface area contributed by atoms with Gasteiger partial charge in [-0.25, -0.2) is 15.0 Å². The lowest BCUT2D eigenvalue weighted by Crippen LogP contribution is -2.45. The zero-order chi connectivity index (χ0) is 20.3. The third kappa shape index (κ3) is 4.05. The van der Waals surface area contributed by atoms with Crippen LogP contribution in [0.2, 0.25) is 0 Å². The first-order valence-corrected chi connectivity index (χ1v) is 10.5. The monoisotopic (exact) mass is 400 g/mol. The Bertz CT molecular complexity index is 997. The highest BCUT2D eigenvalue weighted by atomic mass is 16.3. The number of aromatic nitrogens is 3.